The Morgan fingerprint density at radius 1 is 1.30 bits per heavy atom. The van der Waals surface area contributed by atoms with Gasteiger partial charge in [0.1, 0.15) is 5.75 Å². The van der Waals surface area contributed by atoms with Crippen molar-refractivity contribution in [2.24, 2.45) is 4.90 Å². The van der Waals surface area contributed by atoms with Crippen molar-refractivity contribution < 1.29 is 4.65 Å². The molecule has 10 heavy (non-hydrogen) atoms. The highest BCUT2D eigenvalue weighted by atomic mass is 16.4. The molecule has 0 saturated carbocycles. The largest absolute Gasteiger partial charge is 0.541 e. The van der Waals surface area contributed by atoms with Crippen LogP contribution in [-0.2, 0) is 0 Å². The van der Waals surface area contributed by atoms with Crippen molar-refractivity contribution in [3.05, 3.63) is 29.8 Å². The van der Waals surface area contributed by atoms with Crippen LogP contribution >= 0.6 is 0 Å². The Labute approximate surface area is 59.8 Å². The summed E-state index contributed by atoms with van der Waals surface area (Å²) in [4.78, 5) is 3.85. The van der Waals surface area contributed by atoms with Gasteiger partial charge in [0.25, 0.3) is 0 Å². The summed E-state index contributed by atoms with van der Waals surface area (Å²) < 4.78 is 5.10. The van der Waals surface area contributed by atoms with Crippen molar-refractivity contribution >= 4 is 13.8 Å². The van der Waals surface area contributed by atoms with Crippen LogP contribution in [0.4, 0.5) is 0 Å². The van der Waals surface area contributed by atoms with Crippen molar-refractivity contribution in [3.63, 3.8) is 0 Å². The van der Waals surface area contributed by atoms with Crippen molar-refractivity contribution in [1.82, 2.24) is 0 Å². The van der Waals surface area contributed by atoms with E-state index in [1.165, 1.54) is 7.62 Å². The standard InChI is InChI=1S/C7H5BNO/c1-2-4-7-6(3-1)5-9-8-10-7/h1-5H. The molecule has 0 atom stereocenters. The summed E-state index contributed by atoms with van der Waals surface area (Å²) in [5, 5.41) is 0. The van der Waals surface area contributed by atoms with Crippen LogP contribution in [0.1, 0.15) is 5.56 Å². The number of rotatable bonds is 0. The average molecular weight is 130 g/mol. The molecule has 0 aromatic heterocycles. The molecule has 47 valence electrons. The van der Waals surface area contributed by atoms with E-state index in [9.17, 15) is 0 Å². The van der Waals surface area contributed by atoms with Crippen LogP contribution in [0.25, 0.3) is 0 Å². The Morgan fingerprint density at radius 3 is 3.10 bits per heavy atom. The molecule has 3 heteroatoms. The summed E-state index contributed by atoms with van der Waals surface area (Å²) in [5.74, 6) is 0.873. The predicted molar refractivity (Wildman–Crippen MR) is 40.4 cm³/mol. The first-order chi connectivity index (χ1) is 4.97. The number of hydrogen-bond donors (Lipinski definition) is 0. The zero-order valence-corrected chi connectivity index (χ0v) is 5.32. The Bertz CT molecular complexity index is 272. The van der Waals surface area contributed by atoms with Gasteiger partial charge in [0.15, 0.2) is 0 Å². The third-order valence-electron chi connectivity index (χ3n) is 1.37. The van der Waals surface area contributed by atoms with Crippen molar-refractivity contribution in [2.75, 3.05) is 0 Å². The van der Waals surface area contributed by atoms with E-state index in [0.29, 0.717) is 0 Å². The Balaban J connectivity index is 2.54. The fourth-order valence-electron chi connectivity index (χ4n) is 0.892. The number of benzene rings is 1. The van der Waals surface area contributed by atoms with Crippen LogP contribution in [0.15, 0.2) is 29.2 Å². The third-order valence-corrected chi connectivity index (χ3v) is 1.37. The Hall–Kier alpha value is -1.25. The van der Waals surface area contributed by atoms with Crippen molar-refractivity contribution in [1.29, 1.82) is 0 Å². The van der Waals surface area contributed by atoms with Crippen LogP contribution in [0.3, 0.4) is 0 Å². The molecule has 1 aliphatic rings. The van der Waals surface area contributed by atoms with E-state index < -0.39 is 0 Å². The summed E-state index contributed by atoms with van der Waals surface area (Å²) >= 11 is 0. The van der Waals surface area contributed by atoms with Crippen LogP contribution in [0.5, 0.6) is 5.75 Å². The molecular formula is C7H5BNO. The highest BCUT2D eigenvalue weighted by molar-refractivity contribution is 6.30. The molecule has 2 rings (SSSR count). The molecule has 1 heterocycles. The summed E-state index contributed by atoms with van der Waals surface area (Å²) in [6.45, 7) is 0. The predicted octanol–water partition coefficient (Wildman–Crippen LogP) is 1.03. The minimum Gasteiger partial charge on any atom is -0.541 e. The maximum Gasteiger partial charge on any atom is 0.541 e. The second-order valence-corrected chi connectivity index (χ2v) is 2.04. The number of fused-ring (bicyclic) bond motifs is 1. The smallest absolute Gasteiger partial charge is 0.541 e. The van der Waals surface area contributed by atoms with E-state index in [2.05, 4.69) is 4.90 Å². The molecule has 0 amide bonds. The number of para-hydroxylation sites is 1. The van der Waals surface area contributed by atoms with E-state index in [1.807, 2.05) is 24.3 Å². The van der Waals surface area contributed by atoms with Crippen LogP contribution in [0.2, 0.25) is 0 Å². The van der Waals surface area contributed by atoms with Gasteiger partial charge in [-0.05, 0) is 12.1 Å². The summed E-state index contributed by atoms with van der Waals surface area (Å²) in [5.41, 5.74) is 1.03. The Morgan fingerprint density at radius 2 is 2.20 bits per heavy atom. The molecule has 1 aromatic carbocycles. The van der Waals surface area contributed by atoms with Gasteiger partial charge in [-0.1, -0.05) is 12.1 Å². The average Bonchev–Trinajstić information content (AvgIpc) is 2.05. The number of nitrogens with zero attached hydrogens (tertiary/aromatic N) is 1. The van der Waals surface area contributed by atoms with Gasteiger partial charge in [-0.25, -0.2) is 0 Å². The lowest BCUT2D eigenvalue weighted by molar-refractivity contribution is 0.591. The number of hydrogen-bond acceptors (Lipinski definition) is 2. The lowest BCUT2D eigenvalue weighted by Crippen LogP contribution is -2.06. The zero-order valence-electron chi connectivity index (χ0n) is 5.32. The van der Waals surface area contributed by atoms with E-state index in [1.54, 1.807) is 6.21 Å². The fourth-order valence-corrected chi connectivity index (χ4v) is 0.892. The SMILES string of the molecule is [B]1N=Cc2ccccc2O1. The van der Waals surface area contributed by atoms with Gasteiger partial charge in [-0.15, -0.1) is 0 Å². The molecule has 0 N–H and O–H groups in total. The van der Waals surface area contributed by atoms with Gasteiger partial charge >= 0.3 is 7.62 Å². The second-order valence-electron chi connectivity index (χ2n) is 2.04. The molecule has 2 nitrogen and oxygen atoms in total. The molecular weight excluding hydrogens is 125 g/mol. The quantitative estimate of drug-likeness (QED) is 0.480. The van der Waals surface area contributed by atoms with E-state index in [0.717, 1.165) is 11.3 Å². The van der Waals surface area contributed by atoms with Crippen molar-refractivity contribution in [2.45, 2.75) is 0 Å². The molecule has 1 aliphatic heterocycles. The minimum atomic E-state index is 0.873. The highest BCUT2D eigenvalue weighted by Gasteiger charge is 2.04. The molecule has 0 aliphatic carbocycles. The van der Waals surface area contributed by atoms with Crippen LogP contribution < -0.4 is 4.65 Å². The molecule has 1 radical (unpaired) electrons. The lowest BCUT2D eigenvalue weighted by atomic mass is 10.1. The van der Waals surface area contributed by atoms with E-state index >= 15 is 0 Å². The molecule has 0 saturated heterocycles. The first-order valence-corrected chi connectivity index (χ1v) is 3.07. The summed E-state index contributed by atoms with van der Waals surface area (Å²) in [6, 6.07) is 7.77. The fraction of sp³-hybridized carbons (Fsp3) is 0. The van der Waals surface area contributed by atoms with Gasteiger partial charge in [0, 0.05) is 11.8 Å². The lowest BCUT2D eigenvalue weighted by Gasteiger charge is -2.08. The van der Waals surface area contributed by atoms with Crippen molar-refractivity contribution in [3.8, 4) is 5.75 Å². The Kier molecular flexibility index (Phi) is 1.20. The van der Waals surface area contributed by atoms with Crippen LogP contribution in [0, 0.1) is 0 Å². The van der Waals surface area contributed by atoms with Gasteiger partial charge in [0.2, 0.25) is 0 Å². The van der Waals surface area contributed by atoms with E-state index in [-0.39, 0.29) is 0 Å². The first-order valence-electron chi connectivity index (χ1n) is 3.07. The van der Waals surface area contributed by atoms with Gasteiger partial charge in [-0.3, -0.25) is 0 Å². The second kappa shape index (κ2) is 2.18. The maximum absolute atomic E-state index is 5.10. The van der Waals surface area contributed by atoms with Gasteiger partial charge < -0.3 is 9.56 Å². The first kappa shape index (κ1) is 5.53. The molecule has 1 aromatic rings. The molecule has 0 fully saturated rings. The van der Waals surface area contributed by atoms with E-state index in [4.69, 9.17) is 4.65 Å². The third kappa shape index (κ3) is 0.797. The van der Waals surface area contributed by atoms with Crippen LogP contribution in [-0.4, -0.2) is 13.8 Å². The topological polar surface area (TPSA) is 21.6 Å². The van der Waals surface area contributed by atoms with Gasteiger partial charge in [0.05, 0.1) is 0 Å². The summed E-state index contributed by atoms with van der Waals surface area (Å²) in [6.07, 6.45) is 1.78. The zero-order chi connectivity index (χ0) is 6.81. The molecule has 0 bridgehead atoms. The highest BCUT2D eigenvalue weighted by Crippen LogP contribution is 2.17. The minimum absolute atomic E-state index is 0.873. The normalized spacial score (nSPS) is 13.2. The summed E-state index contributed by atoms with van der Waals surface area (Å²) in [7, 11) is 1.43. The molecule has 0 spiro atoms. The monoisotopic (exact) mass is 130 g/mol. The maximum atomic E-state index is 5.10. The molecule has 0 unspecified atom stereocenters. The van der Waals surface area contributed by atoms with Gasteiger partial charge in [-0.2, -0.15) is 0 Å².